The molecule has 0 atom stereocenters. The van der Waals surface area contributed by atoms with Crippen LogP contribution in [0.15, 0.2) is 42.0 Å². The fourth-order valence-electron chi connectivity index (χ4n) is 1.88. The zero-order valence-corrected chi connectivity index (χ0v) is 14.2. The monoisotopic (exact) mass is 430 g/mol. The van der Waals surface area contributed by atoms with Gasteiger partial charge in [-0.25, -0.2) is 5.01 Å². The molecule has 7 heteroatoms. The average molecular weight is 431 g/mol. The summed E-state index contributed by atoms with van der Waals surface area (Å²) >= 11 is 9.34. The van der Waals surface area contributed by atoms with E-state index in [0.717, 1.165) is 8.45 Å². The lowest BCUT2D eigenvalue weighted by Gasteiger charge is -2.14. The van der Waals surface area contributed by atoms with Gasteiger partial charge in [0.05, 0.1) is 10.0 Å². The van der Waals surface area contributed by atoms with E-state index in [4.69, 9.17) is 11.6 Å². The number of anilines is 1. The second-order valence-corrected chi connectivity index (χ2v) is 7.25. The van der Waals surface area contributed by atoms with E-state index >= 15 is 0 Å². The van der Waals surface area contributed by atoms with Crippen LogP contribution in [-0.4, -0.2) is 11.8 Å². The lowest BCUT2D eigenvalue weighted by atomic mass is 10.2. The number of carbonyl (C=O) groups is 2. The van der Waals surface area contributed by atoms with E-state index in [1.807, 2.05) is 12.1 Å². The Morgan fingerprint density at radius 1 is 1.14 bits per heavy atom. The van der Waals surface area contributed by atoms with Crippen LogP contribution in [0.3, 0.4) is 0 Å². The highest BCUT2D eigenvalue weighted by Gasteiger charge is 2.34. The van der Waals surface area contributed by atoms with Crippen LogP contribution in [-0.2, 0) is 9.59 Å². The molecule has 1 aromatic heterocycles. The van der Waals surface area contributed by atoms with Gasteiger partial charge in [0.1, 0.15) is 5.57 Å². The molecule has 0 radical (unpaired) electrons. The molecule has 0 aliphatic carbocycles. The number of rotatable bonds is 2. The molecular formula is C14H8ClIN2O2S. The number of thiophene rings is 1. The molecule has 1 aliphatic rings. The first kappa shape index (κ1) is 14.6. The van der Waals surface area contributed by atoms with E-state index < -0.39 is 5.91 Å². The fraction of sp³-hybridized carbons (Fsp3) is 0. The van der Waals surface area contributed by atoms with Crippen LogP contribution in [0.25, 0.3) is 6.08 Å². The van der Waals surface area contributed by atoms with Crippen molar-refractivity contribution in [2.24, 2.45) is 0 Å². The third-order valence-corrected chi connectivity index (χ3v) is 4.75. The molecule has 2 heterocycles. The molecular weight excluding hydrogens is 423 g/mol. The van der Waals surface area contributed by atoms with Crippen molar-refractivity contribution in [1.82, 2.24) is 5.43 Å². The molecule has 21 heavy (non-hydrogen) atoms. The molecule has 1 fully saturated rings. The summed E-state index contributed by atoms with van der Waals surface area (Å²) in [6.07, 6.45) is 1.56. The molecule has 1 aromatic carbocycles. The number of hydrogen-bond acceptors (Lipinski definition) is 3. The summed E-state index contributed by atoms with van der Waals surface area (Å²) < 4.78 is 1.67. The molecule has 1 aliphatic heterocycles. The van der Waals surface area contributed by atoms with Gasteiger partial charge in [-0.2, -0.15) is 0 Å². The Bertz CT molecular complexity index is 755. The molecule has 1 saturated heterocycles. The van der Waals surface area contributed by atoms with Gasteiger partial charge in [0.25, 0.3) is 11.8 Å². The Labute approximate surface area is 143 Å². The Balaban J connectivity index is 1.92. The van der Waals surface area contributed by atoms with Gasteiger partial charge in [-0.3, -0.25) is 15.0 Å². The number of benzene rings is 1. The van der Waals surface area contributed by atoms with Gasteiger partial charge < -0.3 is 0 Å². The standard InChI is InChI=1S/C14H8ClIN2O2S/c15-12-6-5-10(21-12)7-11-13(19)17-18(14(11)20)9-3-1-8(16)2-4-9/h1-7H,(H,17,19)/b11-7-. The third kappa shape index (κ3) is 2.97. The van der Waals surface area contributed by atoms with E-state index in [-0.39, 0.29) is 11.5 Å². The molecule has 106 valence electrons. The molecule has 0 unspecified atom stereocenters. The van der Waals surface area contributed by atoms with Crippen molar-refractivity contribution in [1.29, 1.82) is 0 Å². The summed E-state index contributed by atoms with van der Waals surface area (Å²) in [4.78, 5) is 25.1. The van der Waals surface area contributed by atoms with Crippen LogP contribution in [0.1, 0.15) is 4.88 Å². The molecule has 1 N–H and O–H groups in total. The second-order valence-electron chi connectivity index (χ2n) is 4.26. The highest BCUT2D eigenvalue weighted by molar-refractivity contribution is 14.1. The Morgan fingerprint density at radius 3 is 2.48 bits per heavy atom. The second kappa shape index (κ2) is 5.78. The lowest BCUT2D eigenvalue weighted by molar-refractivity contribution is -0.117. The summed E-state index contributed by atoms with van der Waals surface area (Å²) in [6, 6.07) is 10.8. The summed E-state index contributed by atoms with van der Waals surface area (Å²) in [5.74, 6) is -0.784. The van der Waals surface area contributed by atoms with Crippen molar-refractivity contribution in [2.45, 2.75) is 0 Å². The van der Waals surface area contributed by atoms with Crippen LogP contribution in [0.2, 0.25) is 4.34 Å². The van der Waals surface area contributed by atoms with Crippen LogP contribution in [0, 0.1) is 3.57 Å². The maximum absolute atomic E-state index is 12.4. The van der Waals surface area contributed by atoms with Gasteiger partial charge in [0.2, 0.25) is 0 Å². The van der Waals surface area contributed by atoms with E-state index in [1.54, 1.807) is 30.3 Å². The summed E-state index contributed by atoms with van der Waals surface area (Å²) in [6.45, 7) is 0. The number of nitrogens with one attached hydrogen (secondary N) is 1. The molecule has 0 spiro atoms. The van der Waals surface area contributed by atoms with Crippen LogP contribution >= 0.6 is 45.5 Å². The number of carbonyl (C=O) groups excluding carboxylic acids is 2. The Morgan fingerprint density at radius 2 is 1.86 bits per heavy atom. The number of amides is 2. The highest BCUT2D eigenvalue weighted by atomic mass is 127. The molecule has 2 amide bonds. The maximum Gasteiger partial charge on any atom is 0.282 e. The predicted molar refractivity (Wildman–Crippen MR) is 92.1 cm³/mol. The van der Waals surface area contributed by atoms with Gasteiger partial charge >= 0.3 is 0 Å². The number of halogens is 2. The minimum Gasteiger partial charge on any atom is -0.267 e. The smallest absolute Gasteiger partial charge is 0.267 e. The topological polar surface area (TPSA) is 49.4 Å². The van der Waals surface area contributed by atoms with Crippen LogP contribution in [0.5, 0.6) is 0 Å². The van der Waals surface area contributed by atoms with Gasteiger partial charge in [-0.1, -0.05) is 11.6 Å². The molecule has 3 rings (SSSR count). The van der Waals surface area contributed by atoms with Gasteiger partial charge in [0.15, 0.2) is 0 Å². The van der Waals surface area contributed by atoms with Crippen molar-refractivity contribution in [2.75, 3.05) is 5.01 Å². The van der Waals surface area contributed by atoms with E-state index in [1.165, 1.54) is 16.3 Å². The zero-order chi connectivity index (χ0) is 15.0. The van der Waals surface area contributed by atoms with Crippen LogP contribution < -0.4 is 10.4 Å². The molecule has 0 bridgehead atoms. The summed E-state index contributed by atoms with van der Waals surface area (Å²) in [5, 5.41) is 1.25. The summed E-state index contributed by atoms with van der Waals surface area (Å²) in [7, 11) is 0. The fourth-order valence-corrected chi connectivity index (χ4v) is 3.24. The highest BCUT2D eigenvalue weighted by Crippen LogP contribution is 2.26. The zero-order valence-electron chi connectivity index (χ0n) is 10.5. The quantitative estimate of drug-likeness (QED) is 0.451. The predicted octanol–water partition coefficient (Wildman–Crippen LogP) is 3.47. The normalized spacial score (nSPS) is 16.7. The SMILES string of the molecule is O=C1NN(c2ccc(I)cc2)C(=O)/C1=C\c1ccc(Cl)s1. The Kier molecular flexibility index (Phi) is 4.01. The van der Waals surface area contributed by atoms with Crippen molar-refractivity contribution >= 4 is 69.1 Å². The third-order valence-electron chi connectivity index (χ3n) is 2.86. The van der Waals surface area contributed by atoms with Gasteiger partial charge in [-0.05, 0) is 65.1 Å². The molecule has 0 saturated carbocycles. The lowest BCUT2D eigenvalue weighted by Crippen LogP contribution is -2.35. The Hall–Kier alpha value is -1.38. The molecule has 4 nitrogen and oxygen atoms in total. The first-order valence-electron chi connectivity index (χ1n) is 5.92. The summed E-state index contributed by atoms with van der Waals surface area (Å²) in [5.41, 5.74) is 3.29. The largest absolute Gasteiger partial charge is 0.282 e. The first-order chi connectivity index (χ1) is 10.0. The maximum atomic E-state index is 12.4. The minimum absolute atomic E-state index is 0.104. The van der Waals surface area contributed by atoms with E-state index in [0.29, 0.717) is 10.0 Å². The van der Waals surface area contributed by atoms with Gasteiger partial charge in [-0.15, -0.1) is 11.3 Å². The molecule has 2 aromatic rings. The van der Waals surface area contributed by atoms with E-state index in [9.17, 15) is 9.59 Å². The van der Waals surface area contributed by atoms with Crippen molar-refractivity contribution in [3.05, 3.63) is 54.8 Å². The minimum atomic E-state index is -0.414. The van der Waals surface area contributed by atoms with Gasteiger partial charge in [0, 0.05) is 8.45 Å². The van der Waals surface area contributed by atoms with Crippen LogP contribution in [0.4, 0.5) is 5.69 Å². The average Bonchev–Trinajstić information content (AvgIpc) is 2.98. The first-order valence-corrected chi connectivity index (χ1v) is 8.20. The van der Waals surface area contributed by atoms with Crippen molar-refractivity contribution in [3.8, 4) is 0 Å². The van der Waals surface area contributed by atoms with Crippen molar-refractivity contribution < 1.29 is 9.59 Å². The van der Waals surface area contributed by atoms with E-state index in [2.05, 4.69) is 28.0 Å². The van der Waals surface area contributed by atoms with Crippen molar-refractivity contribution in [3.63, 3.8) is 0 Å². The number of hydrazine groups is 1. The number of hydrogen-bond donors (Lipinski definition) is 1. The number of nitrogens with zero attached hydrogens (tertiary/aromatic N) is 1.